The largest absolute Gasteiger partial charge is 0.433 e. The van der Waals surface area contributed by atoms with Gasteiger partial charge in [0, 0.05) is 5.56 Å². The van der Waals surface area contributed by atoms with Crippen LogP contribution in [0.5, 0.6) is 0 Å². The molecule has 0 unspecified atom stereocenters. The lowest BCUT2D eigenvalue weighted by atomic mass is 10.1. The van der Waals surface area contributed by atoms with Crippen LogP contribution in [0, 0.1) is 11.3 Å². The molecule has 0 spiro atoms. The molecule has 0 aliphatic carbocycles. The molecule has 0 bridgehead atoms. The Morgan fingerprint density at radius 2 is 2.00 bits per heavy atom. The maximum atomic E-state index is 12.4. The molecule has 3 nitrogen and oxygen atoms in total. The van der Waals surface area contributed by atoms with Crippen LogP contribution in [-0.2, 0) is 6.18 Å². The third kappa shape index (κ3) is 2.55. The zero-order valence-electron chi connectivity index (χ0n) is 7.92. The number of carbonyl (C=O) groups excluding carboxylic acids is 1. The molecule has 1 aromatic heterocycles. The predicted molar refractivity (Wildman–Crippen MR) is 44.3 cm³/mol. The van der Waals surface area contributed by atoms with E-state index >= 15 is 0 Å². The van der Waals surface area contributed by atoms with Gasteiger partial charge in [0.15, 0.2) is 6.29 Å². The van der Waals surface area contributed by atoms with Gasteiger partial charge in [-0.1, -0.05) is 0 Å². The summed E-state index contributed by atoms with van der Waals surface area (Å²) in [7, 11) is 0. The molecular weight excluding hydrogens is 247 g/mol. The van der Waals surface area contributed by atoms with Gasteiger partial charge in [0.2, 0.25) is 0 Å². The van der Waals surface area contributed by atoms with Crippen LogP contribution in [0.2, 0.25) is 0 Å². The fourth-order valence-corrected chi connectivity index (χ4v) is 1.11. The van der Waals surface area contributed by atoms with Gasteiger partial charge in [0.1, 0.15) is 17.5 Å². The minimum atomic E-state index is -4.96. The van der Waals surface area contributed by atoms with Gasteiger partial charge in [-0.05, 0) is 6.07 Å². The zero-order valence-corrected chi connectivity index (χ0v) is 7.92. The second-order valence-corrected chi connectivity index (χ2v) is 2.89. The van der Waals surface area contributed by atoms with Gasteiger partial charge in [0.05, 0.1) is 5.56 Å². The predicted octanol–water partition coefficient (Wildman–Crippen LogP) is 2.72. The van der Waals surface area contributed by atoms with Crippen molar-refractivity contribution in [2.24, 2.45) is 0 Å². The number of aromatic nitrogens is 1. The summed E-state index contributed by atoms with van der Waals surface area (Å²) in [4.78, 5) is 13.2. The molecule has 0 saturated heterocycles. The molecule has 0 aliphatic rings. The molecule has 90 valence electrons. The van der Waals surface area contributed by atoms with Crippen molar-refractivity contribution in [2.75, 3.05) is 0 Å². The number of pyridine rings is 1. The molecule has 0 radical (unpaired) electrons. The van der Waals surface area contributed by atoms with Crippen molar-refractivity contribution in [2.45, 2.75) is 12.6 Å². The molecule has 1 rings (SSSR count). The van der Waals surface area contributed by atoms with Crippen LogP contribution in [0.1, 0.15) is 33.7 Å². The van der Waals surface area contributed by atoms with E-state index in [2.05, 4.69) is 4.98 Å². The van der Waals surface area contributed by atoms with E-state index < -0.39 is 35.1 Å². The van der Waals surface area contributed by atoms with Crippen LogP contribution >= 0.6 is 0 Å². The lowest BCUT2D eigenvalue weighted by Gasteiger charge is -2.10. The second-order valence-electron chi connectivity index (χ2n) is 2.89. The number of hydrogen-bond donors (Lipinski definition) is 0. The normalized spacial score (nSPS) is 11.4. The Labute approximate surface area is 91.5 Å². The highest BCUT2D eigenvalue weighted by molar-refractivity contribution is 5.77. The highest BCUT2D eigenvalue weighted by Crippen LogP contribution is 2.32. The molecule has 0 saturated carbocycles. The first-order valence-electron chi connectivity index (χ1n) is 4.06. The molecule has 1 heterocycles. The fraction of sp³-hybridized carbons (Fsp3) is 0.222. The minimum Gasteiger partial charge on any atom is -0.296 e. The lowest BCUT2D eigenvalue weighted by Crippen LogP contribution is -2.12. The van der Waals surface area contributed by atoms with Crippen molar-refractivity contribution >= 4 is 6.29 Å². The van der Waals surface area contributed by atoms with E-state index in [1.54, 1.807) is 0 Å². The highest BCUT2D eigenvalue weighted by atomic mass is 19.4. The molecule has 0 amide bonds. The van der Waals surface area contributed by atoms with Gasteiger partial charge in [-0.3, -0.25) is 4.79 Å². The summed E-state index contributed by atoms with van der Waals surface area (Å²) in [5, 5.41) is 8.51. The maximum Gasteiger partial charge on any atom is 0.433 e. The Bertz CT molecular complexity index is 489. The van der Waals surface area contributed by atoms with Gasteiger partial charge in [-0.25, -0.2) is 13.8 Å². The van der Waals surface area contributed by atoms with E-state index in [1.807, 2.05) is 0 Å². The zero-order chi connectivity index (χ0) is 13.2. The summed E-state index contributed by atoms with van der Waals surface area (Å²) in [5.74, 6) is 0. The topological polar surface area (TPSA) is 53.8 Å². The number of hydrogen-bond acceptors (Lipinski definition) is 3. The van der Waals surface area contributed by atoms with Crippen molar-refractivity contribution in [1.29, 1.82) is 5.26 Å². The van der Waals surface area contributed by atoms with E-state index in [-0.39, 0.29) is 12.4 Å². The summed E-state index contributed by atoms with van der Waals surface area (Å²) < 4.78 is 61.7. The van der Waals surface area contributed by atoms with Crippen LogP contribution in [0.3, 0.4) is 0 Å². The van der Waals surface area contributed by atoms with E-state index in [4.69, 9.17) is 5.26 Å². The van der Waals surface area contributed by atoms with E-state index in [0.29, 0.717) is 0 Å². The highest BCUT2D eigenvalue weighted by Gasteiger charge is 2.35. The van der Waals surface area contributed by atoms with E-state index in [9.17, 15) is 26.7 Å². The number of nitrogens with zero attached hydrogens (tertiary/aromatic N) is 2. The molecular formula is C9H3F5N2O. The van der Waals surface area contributed by atoms with E-state index in [1.165, 1.54) is 6.07 Å². The fourth-order valence-electron chi connectivity index (χ4n) is 1.11. The number of alkyl halides is 5. The Kier molecular flexibility index (Phi) is 3.41. The van der Waals surface area contributed by atoms with Crippen molar-refractivity contribution in [1.82, 2.24) is 4.98 Å². The Morgan fingerprint density at radius 1 is 1.41 bits per heavy atom. The number of halogens is 5. The van der Waals surface area contributed by atoms with Gasteiger partial charge in [0.25, 0.3) is 6.43 Å². The molecule has 17 heavy (non-hydrogen) atoms. The third-order valence-electron chi connectivity index (χ3n) is 1.83. The first kappa shape index (κ1) is 13.0. The van der Waals surface area contributed by atoms with Gasteiger partial charge in [-0.2, -0.15) is 18.4 Å². The smallest absolute Gasteiger partial charge is 0.296 e. The van der Waals surface area contributed by atoms with Crippen molar-refractivity contribution in [3.63, 3.8) is 0 Å². The Morgan fingerprint density at radius 3 is 2.35 bits per heavy atom. The van der Waals surface area contributed by atoms with Crippen LogP contribution < -0.4 is 0 Å². The first-order valence-corrected chi connectivity index (χ1v) is 4.06. The van der Waals surface area contributed by atoms with Crippen LogP contribution in [-0.4, -0.2) is 11.3 Å². The lowest BCUT2D eigenvalue weighted by molar-refractivity contribution is -0.141. The van der Waals surface area contributed by atoms with Crippen LogP contribution in [0.25, 0.3) is 0 Å². The third-order valence-corrected chi connectivity index (χ3v) is 1.83. The summed E-state index contributed by atoms with van der Waals surface area (Å²) >= 11 is 0. The van der Waals surface area contributed by atoms with Crippen molar-refractivity contribution < 1.29 is 26.7 Å². The number of nitriles is 1. The van der Waals surface area contributed by atoms with E-state index in [0.717, 1.165) is 0 Å². The molecule has 0 aromatic carbocycles. The molecule has 0 atom stereocenters. The van der Waals surface area contributed by atoms with Gasteiger partial charge in [-0.15, -0.1) is 0 Å². The molecule has 0 N–H and O–H groups in total. The molecule has 8 heteroatoms. The summed E-state index contributed by atoms with van der Waals surface area (Å²) in [6, 6.07) is 1.30. The Hall–Kier alpha value is -2.04. The quantitative estimate of drug-likeness (QED) is 0.599. The summed E-state index contributed by atoms with van der Waals surface area (Å²) in [6.07, 6.45) is -8.43. The average molecular weight is 250 g/mol. The molecule has 1 aromatic rings. The van der Waals surface area contributed by atoms with Gasteiger partial charge >= 0.3 is 6.18 Å². The second kappa shape index (κ2) is 4.45. The summed E-state index contributed by atoms with van der Waals surface area (Å²) in [5.41, 5.74) is -4.58. The Balaban J connectivity index is 3.58. The monoisotopic (exact) mass is 250 g/mol. The van der Waals surface area contributed by atoms with Crippen molar-refractivity contribution in [3.05, 3.63) is 28.6 Å². The molecule has 0 aliphatic heterocycles. The van der Waals surface area contributed by atoms with Crippen LogP contribution in [0.15, 0.2) is 6.07 Å². The van der Waals surface area contributed by atoms with Crippen molar-refractivity contribution in [3.8, 4) is 6.07 Å². The maximum absolute atomic E-state index is 12.4. The first-order chi connectivity index (χ1) is 7.81. The average Bonchev–Trinajstić information content (AvgIpc) is 2.25. The molecule has 0 fully saturated rings. The number of rotatable bonds is 2. The summed E-state index contributed by atoms with van der Waals surface area (Å²) in [6.45, 7) is 0. The SMILES string of the molecule is N#Cc1c(C(F)F)cc(C(F)(F)F)nc1C=O. The minimum absolute atomic E-state index is 0.0657. The number of aldehydes is 1. The standard InChI is InChI=1S/C9H3F5N2O/c10-8(11)4-1-7(9(12,13)14)16-6(3-17)5(4)2-15/h1,3,8H. The van der Waals surface area contributed by atoms with Gasteiger partial charge < -0.3 is 0 Å². The number of carbonyl (C=O) groups is 1. The van der Waals surface area contributed by atoms with Crippen LogP contribution in [0.4, 0.5) is 22.0 Å².